The van der Waals surface area contributed by atoms with Gasteiger partial charge in [0.1, 0.15) is 5.75 Å². The Hall–Kier alpha value is -3.61. The third-order valence-corrected chi connectivity index (χ3v) is 10.7. The van der Waals surface area contributed by atoms with Crippen LogP contribution in [0.4, 0.5) is 13.2 Å². The molecule has 1 aromatic heterocycles. The van der Waals surface area contributed by atoms with Gasteiger partial charge in [0.05, 0.1) is 5.54 Å². The summed E-state index contributed by atoms with van der Waals surface area (Å²) in [6, 6.07) is 21.6. The van der Waals surface area contributed by atoms with E-state index in [0.717, 1.165) is 78.3 Å². The number of aryl methyl sites for hydroxylation is 1. The van der Waals surface area contributed by atoms with Crippen molar-refractivity contribution in [1.29, 1.82) is 0 Å². The predicted molar refractivity (Wildman–Crippen MR) is 185 cm³/mol. The average Bonchev–Trinajstić information content (AvgIpc) is 3.77. The van der Waals surface area contributed by atoms with E-state index in [0.29, 0.717) is 44.4 Å². The van der Waals surface area contributed by atoms with E-state index >= 15 is 0 Å². The number of carbonyl (C=O) groups is 1. The summed E-state index contributed by atoms with van der Waals surface area (Å²) in [4.78, 5) is 17.9. The number of fused-ring (bicyclic) bond motifs is 3. The molecule has 2 bridgehead atoms. The average molecular weight is 695 g/mol. The topological polar surface area (TPSA) is 87.8 Å². The third-order valence-electron chi connectivity index (χ3n) is 10.3. The highest BCUT2D eigenvalue weighted by atomic mass is 35.5. The molecule has 49 heavy (non-hydrogen) atoms. The van der Waals surface area contributed by atoms with Crippen LogP contribution in [-0.4, -0.2) is 77.0 Å². The van der Waals surface area contributed by atoms with Crippen LogP contribution >= 0.6 is 11.6 Å². The fourth-order valence-electron chi connectivity index (χ4n) is 7.72. The van der Waals surface area contributed by atoms with Crippen molar-refractivity contribution in [3.63, 3.8) is 0 Å². The van der Waals surface area contributed by atoms with Crippen molar-refractivity contribution in [3.8, 4) is 16.9 Å². The molecule has 3 aromatic carbocycles. The SMILES string of the molecule is NC1(C(=O)NCCCn2cc(-c3ccc(OC(F)(F)F)cc3)c3cc(CN4CC5CC4CN5Cc4ccccc4Cl)ccc32)CCNCC1. The number of piperazine rings is 1. The first-order valence-corrected chi connectivity index (χ1v) is 17.4. The lowest BCUT2D eigenvalue weighted by Gasteiger charge is -2.34. The van der Waals surface area contributed by atoms with Gasteiger partial charge in [0.15, 0.2) is 0 Å². The molecule has 3 aliphatic heterocycles. The third kappa shape index (κ3) is 7.61. The molecule has 2 atom stereocenters. The summed E-state index contributed by atoms with van der Waals surface area (Å²) in [6.45, 7) is 6.29. The second kappa shape index (κ2) is 14.0. The standard InChI is InChI=1S/C37H42ClF3N6O2/c38-33-5-2-1-4-27(33)21-47-23-28-19-29(47)22-46(28)20-25-6-11-34-31(18-25)32(26-7-9-30(10-8-26)49-37(39,40)41)24-45(34)17-3-14-44-35(48)36(42)12-15-43-16-13-36/h1-2,4-11,18,24,28-29,43H,3,12-17,19-23,42H2,(H,44,48). The Kier molecular flexibility index (Phi) is 9.64. The van der Waals surface area contributed by atoms with Gasteiger partial charge in [-0.1, -0.05) is 48.0 Å². The zero-order valence-electron chi connectivity index (χ0n) is 27.3. The minimum atomic E-state index is -4.75. The Morgan fingerprint density at radius 1 is 1.00 bits per heavy atom. The Bertz CT molecular complexity index is 1790. The second-order valence-electron chi connectivity index (χ2n) is 13.7. The number of amides is 1. The van der Waals surface area contributed by atoms with E-state index in [1.165, 1.54) is 17.7 Å². The molecule has 0 spiro atoms. The molecule has 12 heteroatoms. The summed E-state index contributed by atoms with van der Waals surface area (Å²) >= 11 is 6.45. The molecule has 3 fully saturated rings. The van der Waals surface area contributed by atoms with Crippen LogP contribution in [0.15, 0.2) is 72.9 Å². The van der Waals surface area contributed by atoms with Crippen LogP contribution in [-0.2, 0) is 24.4 Å². The molecule has 4 aromatic rings. The molecule has 0 radical (unpaired) electrons. The summed E-state index contributed by atoms with van der Waals surface area (Å²) in [6.07, 6.45) is 0.361. The van der Waals surface area contributed by atoms with Gasteiger partial charge in [0.25, 0.3) is 0 Å². The molecule has 1 amide bonds. The smallest absolute Gasteiger partial charge is 0.406 e. The molecule has 4 heterocycles. The van der Waals surface area contributed by atoms with Crippen LogP contribution in [0.1, 0.15) is 36.8 Å². The summed E-state index contributed by atoms with van der Waals surface area (Å²) in [5.41, 5.74) is 10.7. The lowest BCUT2D eigenvalue weighted by Crippen LogP contribution is -2.59. The highest BCUT2D eigenvalue weighted by Gasteiger charge is 2.43. The zero-order valence-corrected chi connectivity index (χ0v) is 28.1. The normalized spacial score (nSPS) is 21.0. The van der Waals surface area contributed by atoms with E-state index in [1.54, 1.807) is 12.1 Å². The van der Waals surface area contributed by atoms with Crippen LogP contribution in [0.2, 0.25) is 5.02 Å². The number of alkyl halides is 3. The highest BCUT2D eigenvalue weighted by molar-refractivity contribution is 6.31. The van der Waals surface area contributed by atoms with E-state index < -0.39 is 11.9 Å². The van der Waals surface area contributed by atoms with E-state index in [4.69, 9.17) is 17.3 Å². The Balaban J connectivity index is 1.06. The highest BCUT2D eigenvalue weighted by Crippen LogP contribution is 2.37. The van der Waals surface area contributed by atoms with E-state index in [9.17, 15) is 18.0 Å². The van der Waals surface area contributed by atoms with Gasteiger partial charge in [-0.15, -0.1) is 13.2 Å². The van der Waals surface area contributed by atoms with Crippen molar-refractivity contribution in [3.05, 3.63) is 89.1 Å². The number of halogens is 4. The number of ether oxygens (including phenoxy) is 1. The number of hydrogen-bond donors (Lipinski definition) is 3. The van der Waals surface area contributed by atoms with Gasteiger partial charge >= 0.3 is 6.36 Å². The summed E-state index contributed by atoms with van der Waals surface area (Å²) in [5.74, 6) is -0.365. The predicted octanol–water partition coefficient (Wildman–Crippen LogP) is 5.91. The van der Waals surface area contributed by atoms with E-state index in [2.05, 4.69) is 60.2 Å². The number of nitrogens with zero attached hydrogens (tertiary/aromatic N) is 3. The monoisotopic (exact) mass is 694 g/mol. The first kappa shape index (κ1) is 33.9. The molecular weight excluding hydrogens is 653 g/mol. The molecule has 7 rings (SSSR count). The van der Waals surface area contributed by atoms with Gasteiger partial charge in [-0.05, 0) is 85.8 Å². The molecule has 0 aliphatic carbocycles. The van der Waals surface area contributed by atoms with Gasteiger partial charge in [-0.3, -0.25) is 14.6 Å². The van der Waals surface area contributed by atoms with Gasteiger partial charge in [0, 0.05) is 79.0 Å². The number of benzene rings is 3. The van der Waals surface area contributed by atoms with Crippen molar-refractivity contribution in [2.75, 3.05) is 32.7 Å². The number of nitrogens with one attached hydrogen (secondary N) is 2. The van der Waals surface area contributed by atoms with E-state index in [1.807, 2.05) is 18.2 Å². The number of aromatic nitrogens is 1. The van der Waals surface area contributed by atoms with Crippen molar-refractivity contribution in [2.24, 2.45) is 5.73 Å². The van der Waals surface area contributed by atoms with Crippen LogP contribution < -0.4 is 21.1 Å². The largest absolute Gasteiger partial charge is 0.573 e. The number of hydrogen-bond acceptors (Lipinski definition) is 6. The van der Waals surface area contributed by atoms with Crippen LogP contribution in [0.3, 0.4) is 0 Å². The van der Waals surface area contributed by atoms with Crippen molar-refractivity contribution in [1.82, 2.24) is 25.0 Å². The molecule has 260 valence electrons. The number of nitrogens with two attached hydrogens (primary N) is 1. The molecule has 4 N–H and O–H groups in total. The molecule has 0 saturated carbocycles. The Morgan fingerprint density at radius 3 is 2.41 bits per heavy atom. The maximum Gasteiger partial charge on any atom is 0.573 e. The molecule has 2 unspecified atom stereocenters. The quantitative estimate of drug-likeness (QED) is 0.170. The van der Waals surface area contributed by atoms with E-state index in [-0.39, 0.29) is 11.7 Å². The summed E-state index contributed by atoms with van der Waals surface area (Å²) < 4.78 is 44.8. The molecule has 3 saturated heterocycles. The Labute approximate surface area is 289 Å². The molecule has 3 aliphatic rings. The fraction of sp³-hybridized carbons (Fsp3) is 0.432. The van der Waals surface area contributed by atoms with Gasteiger partial charge in [0.2, 0.25) is 5.91 Å². The van der Waals surface area contributed by atoms with Gasteiger partial charge in [-0.2, -0.15) is 0 Å². The van der Waals surface area contributed by atoms with Gasteiger partial charge in [-0.25, -0.2) is 0 Å². The van der Waals surface area contributed by atoms with Gasteiger partial charge < -0.3 is 25.7 Å². The van der Waals surface area contributed by atoms with Crippen LogP contribution in [0.5, 0.6) is 5.75 Å². The lowest BCUT2D eigenvalue weighted by molar-refractivity contribution is -0.274. The summed E-state index contributed by atoms with van der Waals surface area (Å²) in [7, 11) is 0. The minimum Gasteiger partial charge on any atom is -0.406 e. The second-order valence-corrected chi connectivity index (χ2v) is 14.1. The lowest BCUT2D eigenvalue weighted by atomic mass is 9.88. The number of piperidine rings is 1. The van der Waals surface area contributed by atoms with Crippen molar-refractivity contribution in [2.45, 2.75) is 69.3 Å². The summed E-state index contributed by atoms with van der Waals surface area (Å²) in [5, 5.41) is 8.12. The first-order chi connectivity index (χ1) is 23.5. The van der Waals surface area contributed by atoms with Crippen LogP contribution in [0, 0.1) is 0 Å². The Morgan fingerprint density at radius 2 is 1.71 bits per heavy atom. The van der Waals surface area contributed by atoms with Crippen molar-refractivity contribution < 1.29 is 22.7 Å². The molecular formula is C37H42ClF3N6O2. The van der Waals surface area contributed by atoms with Crippen molar-refractivity contribution >= 4 is 28.4 Å². The first-order valence-electron chi connectivity index (χ1n) is 17.0. The minimum absolute atomic E-state index is 0.111. The van der Waals surface area contributed by atoms with Crippen LogP contribution in [0.25, 0.3) is 22.0 Å². The number of carbonyl (C=O) groups excluding carboxylic acids is 1. The maximum atomic E-state index is 12.8. The number of rotatable bonds is 11. The molecule has 8 nitrogen and oxygen atoms in total. The zero-order chi connectivity index (χ0) is 34.2. The maximum absolute atomic E-state index is 12.8. The number of likely N-dealkylation sites (tertiary alicyclic amines) is 2. The fourth-order valence-corrected chi connectivity index (χ4v) is 7.92.